The van der Waals surface area contributed by atoms with E-state index in [4.69, 9.17) is 9.47 Å². The molecule has 1 saturated heterocycles. The van der Waals surface area contributed by atoms with Gasteiger partial charge in [-0.3, -0.25) is 14.4 Å². The van der Waals surface area contributed by atoms with Gasteiger partial charge < -0.3 is 9.47 Å². The van der Waals surface area contributed by atoms with Crippen LogP contribution in [0.3, 0.4) is 0 Å². The predicted octanol–water partition coefficient (Wildman–Crippen LogP) is 5.33. The van der Waals surface area contributed by atoms with Crippen molar-refractivity contribution in [3.8, 4) is 6.07 Å². The number of ether oxygens (including phenoxy) is 2. The first-order chi connectivity index (χ1) is 19.4. The molecule has 0 aromatic heterocycles. The van der Waals surface area contributed by atoms with E-state index in [0.717, 1.165) is 11.1 Å². The molecule has 0 radical (unpaired) electrons. The summed E-state index contributed by atoms with van der Waals surface area (Å²) in [5.74, 6) is -1.62. The van der Waals surface area contributed by atoms with Gasteiger partial charge >= 0.3 is 0 Å². The van der Waals surface area contributed by atoms with Crippen molar-refractivity contribution in [2.24, 2.45) is 0 Å². The molecule has 1 heterocycles. The van der Waals surface area contributed by atoms with Crippen LogP contribution in [0, 0.1) is 17.1 Å². The van der Waals surface area contributed by atoms with Crippen LogP contribution in [0.25, 0.3) is 0 Å². The monoisotopic (exact) mass is 533 g/mol. The van der Waals surface area contributed by atoms with E-state index in [1.807, 2.05) is 66.7 Å². The van der Waals surface area contributed by atoms with Crippen molar-refractivity contribution < 1.29 is 28.2 Å². The zero-order chi connectivity index (χ0) is 28.1. The fourth-order valence-corrected chi connectivity index (χ4v) is 4.66. The standard InChI is InChI=1S/C33H24FNO5/c34-25-14-12-24(13-15-25)30(38)26-16-11-23(20-35)17-27(26)33-39-31(28(36)18-21-7-3-1-4-8-21)32(40-33)29(37)19-22-9-5-2-6-10-22/h1-17,31-33H,18-19H2/t31-,32-/m0/s1. The summed E-state index contributed by atoms with van der Waals surface area (Å²) >= 11 is 0. The number of benzene rings is 4. The Bertz CT molecular complexity index is 1520. The van der Waals surface area contributed by atoms with Crippen LogP contribution in [0.1, 0.15) is 44.5 Å². The second-order valence-corrected chi connectivity index (χ2v) is 9.45. The third kappa shape index (κ3) is 5.94. The van der Waals surface area contributed by atoms with Gasteiger partial charge in [0.2, 0.25) is 0 Å². The highest BCUT2D eigenvalue weighted by Crippen LogP contribution is 2.36. The van der Waals surface area contributed by atoms with E-state index in [-0.39, 0.29) is 46.7 Å². The first kappa shape index (κ1) is 26.8. The van der Waals surface area contributed by atoms with Crippen LogP contribution in [0.2, 0.25) is 0 Å². The van der Waals surface area contributed by atoms with Crippen LogP contribution in [0.15, 0.2) is 103 Å². The molecule has 0 N–H and O–H groups in total. The average molecular weight is 534 g/mol. The van der Waals surface area contributed by atoms with Crippen molar-refractivity contribution in [1.29, 1.82) is 5.26 Å². The van der Waals surface area contributed by atoms with Crippen LogP contribution in [0.5, 0.6) is 0 Å². The summed E-state index contributed by atoms with van der Waals surface area (Å²) in [6.45, 7) is 0. The highest BCUT2D eigenvalue weighted by atomic mass is 19.1. The van der Waals surface area contributed by atoms with E-state index < -0.39 is 30.1 Å². The number of carbonyl (C=O) groups is 3. The fraction of sp³-hybridized carbons (Fsp3) is 0.152. The van der Waals surface area contributed by atoms with Gasteiger partial charge in [0.25, 0.3) is 0 Å². The summed E-state index contributed by atoms with van der Waals surface area (Å²) in [6, 6.07) is 29.7. The van der Waals surface area contributed by atoms with Crippen molar-refractivity contribution in [1.82, 2.24) is 0 Å². The van der Waals surface area contributed by atoms with E-state index in [2.05, 4.69) is 0 Å². The number of carbonyl (C=O) groups excluding carboxylic acids is 3. The van der Waals surface area contributed by atoms with Gasteiger partial charge in [0.05, 0.1) is 11.6 Å². The molecule has 1 fully saturated rings. The number of nitrogens with zero attached hydrogens (tertiary/aromatic N) is 1. The number of rotatable bonds is 9. The van der Waals surface area contributed by atoms with Crippen molar-refractivity contribution in [2.75, 3.05) is 0 Å². The molecule has 1 aliphatic rings. The molecule has 7 heteroatoms. The Morgan fingerprint density at radius 1 is 0.725 bits per heavy atom. The number of Topliss-reactive ketones (excluding diaryl/α,β-unsaturated/α-hetero) is 2. The molecule has 0 spiro atoms. The van der Waals surface area contributed by atoms with Crippen LogP contribution in [-0.4, -0.2) is 29.6 Å². The second kappa shape index (κ2) is 12.0. The number of nitriles is 1. The maximum Gasteiger partial charge on any atom is 0.193 e. The molecule has 40 heavy (non-hydrogen) atoms. The minimum absolute atomic E-state index is 0.0241. The summed E-state index contributed by atoms with van der Waals surface area (Å²) in [4.78, 5) is 40.3. The molecular formula is C33H24FNO5. The first-order valence-corrected chi connectivity index (χ1v) is 12.7. The highest BCUT2D eigenvalue weighted by Gasteiger charge is 2.45. The minimum atomic E-state index is -1.26. The zero-order valence-electron chi connectivity index (χ0n) is 21.3. The lowest BCUT2D eigenvalue weighted by Crippen LogP contribution is -2.39. The number of ketones is 3. The molecule has 1 aliphatic heterocycles. The van der Waals surface area contributed by atoms with Crippen molar-refractivity contribution in [3.63, 3.8) is 0 Å². The van der Waals surface area contributed by atoms with Crippen molar-refractivity contribution in [2.45, 2.75) is 31.3 Å². The fourth-order valence-electron chi connectivity index (χ4n) is 4.66. The summed E-state index contributed by atoms with van der Waals surface area (Å²) < 4.78 is 25.6. The SMILES string of the molecule is N#Cc1ccc(C(=O)c2ccc(F)cc2)c(C2O[C@@H](C(=O)Cc3ccccc3)[C@H](C(=O)Cc3ccccc3)O2)c1. The Morgan fingerprint density at radius 2 is 1.25 bits per heavy atom. The van der Waals surface area contributed by atoms with E-state index in [1.54, 1.807) is 0 Å². The number of hydrogen-bond donors (Lipinski definition) is 0. The molecular weight excluding hydrogens is 509 g/mol. The lowest BCUT2D eigenvalue weighted by atomic mass is 9.96. The van der Waals surface area contributed by atoms with E-state index in [1.165, 1.54) is 42.5 Å². The van der Waals surface area contributed by atoms with Crippen LogP contribution < -0.4 is 0 Å². The molecule has 6 nitrogen and oxygen atoms in total. The predicted molar refractivity (Wildman–Crippen MR) is 144 cm³/mol. The largest absolute Gasteiger partial charge is 0.334 e. The lowest BCUT2D eigenvalue weighted by Gasteiger charge is -2.15. The number of hydrogen-bond acceptors (Lipinski definition) is 6. The Labute approximate surface area is 230 Å². The number of halogens is 1. The maximum absolute atomic E-state index is 13.5. The van der Waals surface area contributed by atoms with Crippen LogP contribution >= 0.6 is 0 Å². The van der Waals surface area contributed by atoms with Gasteiger partial charge in [-0.2, -0.15) is 5.26 Å². The van der Waals surface area contributed by atoms with E-state index in [0.29, 0.717) is 0 Å². The summed E-state index contributed by atoms with van der Waals surface area (Å²) in [5.41, 5.74) is 2.34. The van der Waals surface area contributed by atoms with Crippen molar-refractivity contribution in [3.05, 3.63) is 142 Å². The Hall–Kier alpha value is -4.77. The highest BCUT2D eigenvalue weighted by molar-refractivity contribution is 6.10. The van der Waals surface area contributed by atoms with Crippen molar-refractivity contribution >= 4 is 17.3 Å². The zero-order valence-corrected chi connectivity index (χ0v) is 21.3. The molecule has 4 aromatic rings. The molecule has 2 atom stereocenters. The summed E-state index contributed by atoms with van der Waals surface area (Å²) in [5, 5.41) is 9.52. The first-order valence-electron chi connectivity index (χ1n) is 12.7. The van der Waals surface area contributed by atoms with Gasteiger partial charge in [-0.1, -0.05) is 60.7 Å². The molecule has 0 saturated carbocycles. The van der Waals surface area contributed by atoms with E-state index >= 15 is 0 Å². The summed E-state index contributed by atoms with van der Waals surface area (Å²) in [6.07, 6.45) is -3.66. The molecule has 4 aromatic carbocycles. The molecule has 0 unspecified atom stereocenters. The molecule has 198 valence electrons. The average Bonchev–Trinajstić information content (AvgIpc) is 3.44. The Morgan fingerprint density at radius 3 is 1.75 bits per heavy atom. The molecule has 0 bridgehead atoms. The maximum atomic E-state index is 13.5. The van der Waals surface area contributed by atoms with E-state index in [9.17, 15) is 24.0 Å². The Balaban J connectivity index is 1.49. The van der Waals surface area contributed by atoms with Crippen LogP contribution in [0.4, 0.5) is 4.39 Å². The Kier molecular flexibility index (Phi) is 8.02. The van der Waals surface area contributed by atoms with Gasteiger partial charge in [-0.15, -0.1) is 0 Å². The minimum Gasteiger partial charge on any atom is -0.334 e. The third-order valence-corrected chi connectivity index (χ3v) is 6.68. The lowest BCUT2D eigenvalue weighted by molar-refractivity contribution is -0.134. The molecule has 0 aliphatic carbocycles. The normalized spacial score (nSPS) is 16.8. The van der Waals surface area contributed by atoms with Gasteiger partial charge in [-0.25, -0.2) is 4.39 Å². The smallest absolute Gasteiger partial charge is 0.193 e. The quantitative estimate of drug-likeness (QED) is 0.270. The topological polar surface area (TPSA) is 93.5 Å². The van der Waals surface area contributed by atoms with Gasteiger partial charge in [0, 0.05) is 29.5 Å². The molecule has 0 amide bonds. The van der Waals surface area contributed by atoms with Gasteiger partial charge in [-0.05, 0) is 53.6 Å². The summed E-state index contributed by atoms with van der Waals surface area (Å²) in [7, 11) is 0. The second-order valence-electron chi connectivity index (χ2n) is 9.45. The third-order valence-electron chi connectivity index (χ3n) is 6.68. The van der Waals surface area contributed by atoms with Gasteiger partial charge in [0.1, 0.15) is 5.82 Å². The molecule has 5 rings (SSSR count). The van der Waals surface area contributed by atoms with Crippen LogP contribution in [-0.2, 0) is 31.9 Å². The van der Waals surface area contributed by atoms with Gasteiger partial charge in [0.15, 0.2) is 35.8 Å².